The lowest BCUT2D eigenvalue weighted by molar-refractivity contribution is 0.267. The number of rotatable bonds is 2. The Morgan fingerprint density at radius 3 is 2.71 bits per heavy atom. The Balaban J connectivity index is 1.89. The van der Waals surface area contributed by atoms with Gasteiger partial charge in [-0.3, -0.25) is 0 Å². The molecule has 5 heteroatoms. The maximum atomic E-state index is 6.13. The van der Waals surface area contributed by atoms with Crippen LogP contribution in [0.3, 0.4) is 0 Å². The lowest BCUT2D eigenvalue weighted by Crippen LogP contribution is -2.54. The number of hydrogen-bond acceptors (Lipinski definition) is 5. The number of nitrogens with two attached hydrogens (primary N) is 2. The Labute approximate surface area is 84.3 Å². The van der Waals surface area contributed by atoms with Crippen molar-refractivity contribution in [2.75, 3.05) is 13.1 Å². The highest BCUT2D eigenvalue weighted by Gasteiger charge is 2.31. The Morgan fingerprint density at radius 1 is 1.43 bits per heavy atom. The van der Waals surface area contributed by atoms with Crippen molar-refractivity contribution in [2.24, 2.45) is 17.4 Å². The van der Waals surface area contributed by atoms with Crippen molar-refractivity contribution in [1.82, 2.24) is 16.2 Å². The van der Waals surface area contributed by atoms with Gasteiger partial charge in [0.05, 0.1) is 0 Å². The zero-order chi connectivity index (χ0) is 10.0. The molecule has 0 bridgehead atoms. The number of hydrazine groups is 1. The molecule has 2 heterocycles. The highest BCUT2D eigenvalue weighted by molar-refractivity contribution is 5.13. The normalized spacial score (nSPS) is 33.9. The first kappa shape index (κ1) is 9.76. The summed E-state index contributed by atoms with van der Waals surface area (Å²) in [6.07, 6.45) is 5.22. The first-order valence-corrected chi connectivity index (χ1v) is 5.19. The van der Waals surface area contributed by atoms with Crippen molar-refractivity contribution < 1.29 is 0 Å². The second-order valence-corrected chi connectivity index (χ2v) is 4.29. The molecule has 0 spiro atoms. The van der Waals surface area contributed by atoms with Gasteiger partial charge in [-0.2, -0.15) is 0 Å². The van der Waals surface area contributed by atoms with Crippen molar-refractivity contribution >= 4 is 0 Å². The van der Waals surface area contributed by atoms with E-state index in [0.717, 1.165) is 19.5 Å². The molecule has 0 saturated carbocycles. The minimum Gasteiger partial charge on any atom is -0.385 e. The maximum absolute atomic E-state index is 6.13. The van der Waals surface area contributed by atoms with E-state index in [1.807, 2.05) is 6.08 Å². The van der Waals surface area contributed by atoms with E-state index in [1.54, 1.807) is 0 Å². The van der Waals surface area contributed by atoms with Gasteiger partial charge < -0.3 is 22.2 Å². The lowest BCUT2D eigenvalue weighted by atomic mass is 9.88. The van der Waals surface area contributed by atoms with Gasteiger partial charge in [-0.15, -0.1) is 0 Å². The highest BCUT2D eigenvalue weighted by atomic mass is 15.5. The van der Waals surface area contributed by atoms with Crippen molar-refractivity contribution in [3.8, 4) is 0 Å². The monoisotopic (exact) mass is 197 g/mol. The molecule has 2 rings (SSSR count). The number of piperidine rings is 1. The predicted molar refractivity (Wildman–Crippen MR) is 55.7 cm³/mol. The summed E-state index contributed by atoms with van der Waals surface area (Å²) in [6.45, 7) is 2.21. The molecule has 1 atom stereocenters. The summed E-state index contributed by atoms with van der Waals surface area (Å²) >= 11 is 0. The molecule has 2 aliphatic heterocycles. The number of hydrogen-bond donors (Lipinski definition) is 5. The van der Waals surface area contributed by atoms with E-state index in [2.05, 4.69) is 16.2 Å². The third-order valence-corrected chi connectivity index (χ3v) is 2.94. The van der Waals surface area contributed by atoms with E-state index in [0.29, 0.717) is 11.7 Å². The molecule has 0 aromatic carbocycles. The molecule has 0 aromatic heterocycles. The molecule has 14 heavy (non-hydrogen) atoms. The van der Waals surface area contributed by atoms with Crippen LogP contribution in [-0.4, -0.2) is 18.8 Å². The quantitative estimate of drug-likeness (QED) is 0.389. The van der Waals surface area contributed by atoms with Crippen LogP contribution in [0.25, 0.3) is 0 Å². The van der Waals surface area contributed by atoms with Gasteiger partial charge >= 0.3 is 0 Å². The van der Waals surface area contributed by atoms with E-state index >= 15 is 0 Å². The van der Waals surface area contributed by atoms with Crippen LogP contribution in [0.2, 0.25) is 0 Å². The summed E-state index contributed by atoms with van der Waals surface area (Å²) in [5.41, 5.74) is 17.2. The molecule has 1 fully saturated rings. The van der Waals surface area contributed by atoms with Crippen molar-refractivity contribution in [3.05, 3.63) is 11.9 Å². The Morgan fingerprint density at radius 2 is 2.14 bits per heavy atom. The topological polar surface area (TPSA) is 88.1 Å². The van der Waals surface area contributed by atoms with Crippen LogP contribution in [0.1, 0.15) is 19.3 Å². The minimum absolute atomic E-state index is 0.452. The van der Waals surface area contributed by atoms with Gasteiger partial charge in [0.1, 0.15) is 11.5 Å². The zero-order valence-corrected chi connectivity index (χ0v) is 8.34. The molecule has 0 aliphatic carbocycles. The smallest absolute Gasteiger partial charge is 0.110 e. The highest BCUT2D eigenvalue weighted by Crippen LogP contribution is 2.23. The van der Waals surface area contributed by atoms with Crippen LogP contribution < -0.4 is 27.6 Å². The van der Waals surface area contributed by atoms with Crippen LogP contribution in [-0.2, 0) is 0 Å². The van der Waals surface area contributed by atoms with Gasteiger partial charge in [0, 0.05) is 0 Å². The summed E-state index contributed by atoms with van der Waals surface area (Å²) in [7, 11) is 0. The van der Waals surface area contributed by atoms with Gasteiger partial charge in [0.25, 0.3) is 0 Å². The Kier molecular flexibility index (Phi) is 2.62. The van der Waals surface area contributed by atoms with E-state index in [9.17, 15) is 0 Å². The molecule has 0 radical (unpaired) electrons. The van der Waals surface area contributed by atoms with Gasteiger partial charge in [-0.1, -0.05) is 0 Å². The lowest BCUT2D eigenvalue weighted by Gasteiger charge is -2.30. The van der Waals surface area contributed by atoms with Crippen molar-refractivity contribution in [2.45, 2.75) is 24.9 Å². The minimum atomic E-state index is -0.452. The molecule has 1 saturated heterocycles. The molecule has 80 valence electrons. The fraction of sp³-hybridized carbons (Fsp3) is 0.778. The molecule has 1 unspecified atom stereocenters. The molecule has 0 aromatic rings. The van der Waals surface area contributed by atoms with Crippen LogP contribution in [0.4, 0.5) is 0 Å². The van der Waals surface area contributed by atoms with E-state index in [-0.39, 0.29) is 0 Å². The Hall–Kier alpha value is -0.780. The van der Waals surface area contributed by atoms with Crippen LogP contribution in [0, 0.1) is 5.92 Å². The third-order valence-electron chi connectivity index (χ3n) is 2.94. The van der Waals surface area contributed by atoms with Crippen molar-refractivity contribution in [3.63, 3.8) is 0 Å². The molecule has 7 N–H and O–H groups in total. The van der Waals surface area contributed by atoms with Gasteiger partial charge in [-0.05, 0) is 44.3 Å². The number of nitrogens with one attached hydrogen (secondary N) is 3. The summed E-state index contributed by atoms with van der Waals surface area (Å²) in [4.78, 5) is 0. The van der Waals surface area contributed by atoms with E-state index in [4.69, 9.17) is 11.5 Å². The first-order valence-electron chi connectivity index (χ1n) is 5.19. The van der Waals surface area contributed by atoms with E-state index in [1.165, 1.54) is 12.8 Å². The van der Waals surface area contributed by atoms with Gasteiger partial charge in [0.2, 0.25) is 0 Å². The summed E-state index contributed by atoms with van der Waals surface area (Å²) in [5, 5.41) is 3.34. The second-order valence-electron chi connectivity index (χ2n) is 4.29. The first-order chi connectivity index (χ1) is 6.68. The Bertz CT molecular complexity index is 233. The van der Waals surface area contributed by atoms with E-state index < -0.39 is 5.66 Å². The van der Waals surface area contributed by atoms with Crippen LogP contribution in [0.15, 0.2) is 11.9 Å². The molecule has 5 nitrogen and oxygen atoms in total. The van der Waals surface area contributed by atoms with Crippen LogP contribution in [0.5, 0.6) is 0 Å². The zero-order valence-electron chi connectivity index (χ0n) is 8.34. The third kappa shape index (κ3) is 2.17. The SMILES string of the molecule is NC1=CC(N)(CC2CCNCC2)NN1. The second kappa shape index (κ2) is 3.76. The maximum Gasteiger partial charge on any atom is 0.110 e. The van der Waals surface area contributed by atoms with Crippen LogP contribution >= 0.6 is 0 Å². The predicted octanol–water partition coefficient (Wildman–Crippen LogP) is -1.06. The fourth-order valence-corrected chi connectivity index (χ4v) is 2.21. The average molecular weight is 197 g/mol. The molecular formula is C9H19N5. The summed E-state index contributed by atoms with van der Waals surface area (Å²) in [5.74, 6) is 1.32. The van der Waals surface area contributed by atoms with Crippen molar-refractivity contribution in [1.29, 1.82) is 0 Å². The molecule has 2 aliphatic rings. The largest absolute Gasteiger partial charge is 0.385 e. The molecule has 0 amide bonds. The fourth-order valence-electron chi connectivity index (χ4n) is 2.21. The summed E-state index contributed by atoms with van der Waals surface area (Å²) in [6, 6.07) is 0. The van der Waals surface area contributed by atoms with Gasteiger partial charge in [-0.25, -0.2) is 5.43 Å². The average Bonchev–Trinajstić information content (AvgIpc) is 2.47. The standard InChI is InChI=1S/C9H19N5/c10-8-6-9(11,14-13-8)5-7-1-3-12-4-2-7/h6-7,12-14H,1-5,10-11H2. The van der Waals surface area contributed by atoms with Gasteiger partial charge in [0.15, 0.2) is 0 Å². The molecular weight excluding hydrogens is 178 g/mol. The summed E-state index contributed by atoms with van der Waals surface area (Å²) < 4.78 is 0.